The molecule has 6 heteroatoms. The lowest BCUT2D eigenvalue weighted by Gasteiger charge is -2.10. The Kier molecular flexibility index (Phi) is 6.52. The Morgan fingerprint density at radius 2 is 2.05 bits per heavy atom. The molecule has 0 aliphatic rings. The number of nitrogens with one attached hydrogen (secondary N) is 1. The van der Waals surface area contributed by atoms with Crippen molar-refractivity contribution in [2.24, 2.45) is 5.92 Å². The van der Waals surface area contributed by atoms with Crippen LogP contribution in [0, 0.1) is 5.92 Å². The van der Waals surface area contributed by atoms with Crippen molar-refractivity contribution in [2.75, 3.05) is 25.1 Å². The van der Waals surface area contributed by atoms with E-state index in [1.54, 1.807) is 24.3 Å². The first-order valence-corrected chi connectivity index (χ1v) is 6.29. The lowest BCUT2D eigenvalue weighted by atomic mass is 10.2. The van der Waals surface area contributed by atoms with Crippen molar-refractivity contribution < 1.29 is 24.2 Å². The van der Waals surface area contributed by atoms with Crippen molar-refractivity contribution in [3.05, 3.63) is 24.3 Å². The Hall–Kier alpha value is -2.08. The fourth-order valence-electron chi connectivity index (χ4n) is 1.35. The lowest BCUT2D eigenvalue weighted by Crippen LogP contribution is -2.20. The first kappa shape index (κ1) is 16.0. The van der Waals surface area contributed by atoms with Gasteiger partial charge in [-0.25, -0.2) is 4.79 Å². The van der Waals surface area contributed by atoms with E-state index in [1.807, 2.05) is 13.8 Å². The van der Waals surface area contributed by atoms with E-state index in [0.29, 0.717) is 24.0 Å². The number of amides is 1. The second-order valence-corrected chi connectivity index (χ2v) is 4.67. The first-order chi connectivity index (χ1) is 9.47. The molecule has 0 spiro atoms. The van der Waals surface area contributed by atoms with E-state index in [1.165, 1.54) is 0 Å². The van der Waals surface area contributed by atoms with Gasteiger partial charge in [-0.2, -0.15) is 0 Å². The number of carboxylic acid groups (broad SMARTS) is 1. The third-order valence-corrected chi connectivity index (χ3v) is 2.16. The molecule has 1 aromatic rings. The molecular weight excluding hydrogens is 262 g/mol. The smallest absolute Gasteiger partial charge is 0.329 e. The van der Waals surface area contributed by atoms with Gasteiger partial charge in [0.05, 0.1) is 6.61 Å². The van der Waals surface area contributed by atoms with Gasteiger partial charge in [0.15, 0.2) is 0 Å². The average molecular weight is 281 g/mol. The number of anilines is 1. The Balaban J connectivity index is 2.44. The summed E-state index contributed by atoms with van der Waals surface area (Å²) in [7, 11) is 0. The van der Waals surface area contributed by atoms with Gasteiger partial charge in [-0.05, 0) is 18.1 Å². The van der Waals surface area contributed by atoms with Gasteiger partial charge >= 0.3 is 5.97 Å². The summed E-state index contributed by atoms with van der Waals surface area (Å²) in [4.78, 5) is 21.7. The topological polar surface area (TPSA) is 84.9 Å². The summed E-state index contributed by atoms with van der Waals surface area (Å²) < 4.78 is 10.2. The van der Waals surface area contributed by atoms with E-state index in [0.717, 1.165) is 0 Å². The van der Waals surface area contributed by atoms with Crippen molar-refractivity contribution >= 4 is 17.6 Å². The number of benzene rings is 1. The van der Waals surface area contributed by atoms with Gasteiger partial charge in [0, 0.05) is 11.8 Å². The van der Waals surface area contributed by atoms with Crippen LogP contribution in [0.3, 0.4) is 0 Å². The van der Waals surface area contributed by atoms with Crippen LogP contribution in [0.2, 0.25) is 0 Å². The Morgan fingerprint density at radius 3 is 2.70 bits per heavy atom. The van der Waals surface area contributed by atoms with Gasteiger partial charge in [-0.3, -0.25) is 4.79 Å². The fourth-order valence-corrected chi connectivity index (χ4v) is 1.35. The van der Waals surface area contributed by atoms with Crippen LogP contribution >= 0.6 is 0 Å². The number of carbonyl (C=O) groups is 2. The Labute approximate surface area is 117 Å². The van der Waals surface area contributed by atoms with Gasteiger partial charge in [0.25, 0.3) is 0 Å². The summed E-state index contributed by atoms with van der Waals surface area (Å²) in [6, 6.07) is 7.00. The Bertz CT molecular complexity index is 459. The minimum atomic E-state index is -1.11. The molecular formula is C14H19NO5. The molecule has 0 bridgehead atoms. The van der Waals surface area contributed by atoms with E-state index >= 15 is 0 Å². The average Bonchev–Trinajstić information content (AvgIpc) is 2.36. The number of hydrogen-bond acceptors (Lipinski definition) is 4. The number of hydrogen-bond donors (Lipinski definition) is 2. The predicted octanol–water partition coefficient (Wildman–Crippen LogP) is 1.76. The normalized spacial score (nSPS) is 10.3. The molecule has 1 rings (SSSR count). The molecule has 0 saturated carbocycles. The van der Waals surface area contributed by atoms with Gasteiger partial charge in [0.1, 0.15) is 19.0 Å². The quantitative estimate of drug-likeness (QED) is 0.758. The van der Waals surface area contributed by atoms with Crippen LogP contribution in [0.15, 0.2) is 24.3 Å². The zero-order valence-electron chi connectivity index (χ0n) is 11.6. The summed E-state index contributed by atoms with van der Waals surface area (Å²) in [5.74, 6) is -0.435. The molecule has 1 aromatic carbocycles. The van der Waals surface area contributed by atoms with Crippen molar-refractivity contribution in [1.82, 2.24) is 0 Å². The zero-order chi connectivity index (χ0) is 15.0. The third kappa shape index (κ3) is 6.75. The zero-order valence-corrected chi connectivity index (χ0v) is 11.6. The maximum Gasteiger partial charge on any atom is 0.329 e. The number of aliphatic carboxylic acids is 1. The molecule has 0 aromatic heterocycles. The molecule has 0 aliphatic carbocycles. The van der Waals surface area contributed by atoms with Crippen molar-refractivity contribution in [3.63, 3.8) is 0 Å². The molecule has 110 valence electrons. The third-order valence-electron chi connectivity index (χ3n) is 2.16. The van der Waals surface area contributed by atoms with E-state index in [-0.39, 0.29) is 6.61 Å². The summed E-state index contributed by atoms with van der Waals surface area (Å²) in [6.07, 6.45) is 0. The van der Waals surface area contributed by atoms with Gasteiger partial charge in [-0.15, -0.1) is 0 Å². The van der Waals surface area contributed by atoms with Crippen molar-refractivity contribution in [2.45, 2.75) is 13.8 Å². The number of ether oxygens (including phenoxy) is 2. The minimum Gasteiger partial charge on any atom is -0.493 e. The van der Waals surface area contributed by atoms with Crippen molar-refractivity contribution in [1.29, 1.82) is 0 Å². The first-order valence-electron chi connectivity index (χ1n) is 6.29. The van der Waals surface area contributed by atoms with E-state index in [9.17, 15) is 9.59 Å². The molecule has 0 aliphatic heterocycles. The van der Waals surface area contributed by atoms with Crippen LogP contribution in [0.5, 0.6) is 5.75 Å². The van der Waals surface area contributed by atoms with Crippen LogP contribution in [0.1, 0.15) is 13.8 Å². The summed E-state index contributed by atoms with van der Waals surface area (Å²) in [5.41, 5.74) is 0.579. The molecule has 20 heavy (non-hydrogen) atoms. The van der Waals surface area contributed by atoms with Crippen LogP contribution in [-0.4, -0.2) is 36.8 Å². The molecule has 0 fully saturated rings. The molecule has 6 nitrogen and oxygen atoms in total. The summed E-state index contributed by atoms with van der Waals surface area (Å²) in [5, 5.41) is 11.0. The molecule has 0 heterocycles. The van der Waals surface area contributed by atoms with E-state index in [4.69, 9.17) is 14.6 Å². The van der Waals surface area contributed by atoms with Crippen molar-refractivity contribution in [3.8, 4) is 5.75 Å². The molecule has 0 unspecified atom stereocenters. The summed E-state index contributed by atoms with van der Waals surface area (Å²) >= 11 is 0. The van der Waals surface area contributed by atoms with Gasteiger partial charge in [0.2, 0.25) is 5.91 Å². The second kappa shape index (κ2) is 8.16. The van der Waals surface area contributed by atoms with Crippen LogP contribution in [0.4, 0.5) is 5.69 Å². The lowest BCUT2D eigenvalue weighted by molar-refractivity contribution is -0.143. The maximum atomic E-state index is 11.5. The van der Waals surface area contributed by atoms with Crippen LogP contribution in [-0.2, 0) is 14.3 Å². The summed E-state index contributed by atoms with van der Waals surface area (Å²) in [6.45, 7) is 3.89. The molecule has 0 radical (unpaired) electrons. The highest BCUT2D eigenvalue weighted by molar-refractivity contribution is 5.92. The molecule has 2 N–H and O–H groups in total. The predicted molar refractivity (Wildman–Crippen MR) is 73.9 cm³/mol. The number of carboxylic acids is 1. The highest BCUT2D eigenvalue weighted by Crippen LogP contribution is 2.17. The monoisotopic (exact) mass is 281 g/mol. The van der Waals surface area contributed by atoms with E-state index < -0.39 is 18.5 Å². The van der Waals surface area contributed by atoms with Gasteiger partial charge < -0.3 is 19.9 Å². The standard InChI is InChI=1S/C14H19NO5/c1-10(2)7-20-12-5-3-4-11(6-12)15-13(16)8-19-9-14(17)18/h3-6,10H,7-9H2,1-2H3,(H,15,16)(H,17,18). The fraction of sp³-hybridized carbons (Fsp3) is 0.429. The SMILES string of the molecule is CC(C)COc1cccc(NC(=O)COCC(=O)O)c1. The van der Waals surface area contributed by atoms with Crippen LogP contribution in [0.25, 0.3) is 0 Å². The highest BCUT2D eigenvalue weighted by Gasteiger charge is 2.05. The Morgan fingerprint density at radius 1 is 1.30 bits per heavy atom. The van der Waals surface area contributed by atoms with Crippen LogP contribution < -0.4 is 10.1 Å². The maximum absolute atomic E-state index is 11.5. The van der Waals surface area contributed by atoms with E-state index in [2.05, 4.69) is 5.32 Å². The molecule has 0 atom stereocenters. The molecule has 0 saturated heterocycles. The highest BCUT2D eigenvalue weighted by atomic mass is 16.5. The number of rotatable bonds is 8. The van der Waals surface area contributed by atoms with Gasteiger partial charge in [-0.1, -0.05) is 19.9 Å². The molecule has 1 amide bonds. The largest absolute Gasteiger partial charge is 0.493 e. The number of carbonyl (C=O) groups excluding carboxylic acids is 1. The second-order valence-electron chi connectivity index (χ2n) is 4.67. The minimum absolute atomic E-state index is 0.302.